The molecule has 0 aliphatic carbocycles. The third kappa shape index (κ3) is 2.37. The van der Waals surface area contributed by atoms with Crippen molar-refractivity contribution in [2.75, 3.05) is 0 Å². The van der Waals surface area contributed by atoms with E-state index in [0.717, 1.165) is 5.56 Å². The van der Waals surface area contributed by atoms with Gasteiger partial charge in [0, 0.05) is 6.92 Å². The second kappa shape index (κ2) is 4.44. The molecule has 0 aliphatic rings. The lowest BCUT2D eigenvalue weighted by molar-refractivity contribution is -0.0158. The van der Waals surface area contributed by atoms with Crippen molar-refractivity contribution < 1.29 is 17.7 Å². The van der Waals surface area contributed by atoms with Crippen LogP contribution in [0.1, 0.15) is 25.3 Å². The van der Waals surface area contributed by atoms with Crippen LogP contribution < -0.4 is 0 Å². The third-order valence-electron chi connectivity index (χ3n) is 2.48. The highest BCUT2D eigenvalue weighted by atomic mass is 19.3. The number of hydrogen-bond donors (Lipinski definition) is 0. The minimum atomic E-state index is -3.23. The van der Waals surface area contributed by atoms with Crippen LogP contribution in [0.3, 0.4) is 0 Å². The summed E-state index contributed by atoms with van der Waals surface area (Å²) in [6.45, 7) is 2.53. The van der Waals surface area contributed by atoms with Gasteiger partial charge in [-0.1, -0.05) is 18.1 Å². The topological polar surface area (TPSA) is 38.9 Å². The molecule has 2 rings (SSSR count). The first-order chi connectivity index (χ1) is 8.41. The molecule has 96 valence electrons. The molecule has 0 spiro atoms. The summed E-state index contributed by atoms with van der Waals surface area (Å²) in [5.41, 5.74) is 0.854. The maximum absolute atomic E-state index is 13.7. The molecule has 0 radical (unpaired) electrons. The molecule has 0 saturated carbocycles. The molecule has 0 amide bonds. The van der Waals surface area contributed by atoms with Crippen molar-refractivity contribution in [3.05, 3.63) is 35.5 Å². The highest BCUT2D eigenvalue weighted by molar-refractivity contribution is 5.55. The molecule has 1 heterocycles. The van der Waals surface area contributed by atoms with Crippen LogP contribution in [0.25, 0.3) is 11.4 Å². The summed E-state index contributed by atoms with van der Waals surface area (Å²) in [5, 5.41) is 3.36. The van der Waals surface area contributed by atoms with Crippen LogP contribution in [-0.4, -0.2) is 10.1 Å². The summed E-state index contributed by atoms with van der Waals surface area (Å²) < 4.78 is 44.0. The highest BCUT2D eigenvalue weighted by Crippen LogP contribution is 2.28. The van der Waals surface area contributed by atoms with Gasteiger partial charge in [0.15, 0.2) is 0 Å². The predicted octanol–water partition coefficient (Wildman–Crippen LogP) is 3.55. The third-order valence-corrected chi connectivity index (χ3v) is 2.48. The van der Waals surface area contributed by atoms with Crippen LogP contribution in [0.5, 0.6) is 0 Å². The fourth-order valence-electron chi connectivity index (χ4n) is 1.47. The first kappa shape index (κ1) is 12.6. The smallest absolute Gasteiger partial charge is 0.322 e. The van der Waals surface area contributed by atoms with E-state index >= 15 is 0 Å². The zero-order chi connectivity index (χ0) is 13.3. The van der Waals surface area contributed by atoms with Crippen LogP contribution in [0.4, 0.5) is 13.2 Å². The monoisotopic (exact) mass is 256 g/mol. The fraction of sp³-hybridized carbons (Fsp3) is 0.333. The Kier molecular flexibility index (Phi) is 3.11. The van der Waals surface area contributed by atoms with Gasteiger partial charge in [-0.05, 0) is 24.1 Å². The Labute approximate surface area is 102 Å². The van der Waals surface area contributed by atoms with Gasteiger partial charge in [-0.15, -0.1) is 0 Å². The van der Waals surface area contributed by atoms with E-state index in [2.05, 4.69) is 14.7 Å². The number of rotatable bonds is 3. The predicted molar refractivity (Wildman–Crippen MR) is 58.6 cm³/mol. The normalized spacial score (nSPS) is 11.8. The van der Waals surface area contributed by atoms with Crippen molar-refractivity contribution in [1.29, 1.82) is 0 Å². The number of benzene rings is 1. The van der Waals surface area contributed by atoms with Gasteiger partial charge in [-0.25, -0.2) is 4.39 Å². The van der Waals surface area contributed by atoms with Gasteiger partial charge in [0.05, 0.1) is 5.56 Å². The van der Waals surface area contributed by atoms with Crippen LogP contribution in [0.2, 0.25) is 0 Å². The Hall–Kier alpha value is -1.85. The summed E-state index contributed by atoms with van der Waals surface area (Å²) in [6.07, 6.45) is 0.682. The quantitative estimate of drug-likeness (QED) is 0.843. The largest absolute Gasteiger partial charge is 0.332 e. The molecule has 2 aromatic rings. The Bertz CT molecular complexity index is 561. The molecule has 0 unspecified atom stereocenters. The molecule has 0 bridgehead atoms. The summed E-state index contributed by atoms with van der Waals surface area (Å²) in [6, 6.07) is 4.48. The lowest BCUT2D eigenvalue weighted by Gasteiger charge is -2.02. The number of hydrogen-bond acceptors (Lipinski definition) is 3. The van der Waals surface area contributed by atoms with E-state index in [1.54, 1.807) is 6.07 Å². The van der Waals surface area contributed by atoms with E-state index in [1.165, 1.54) is 12.1 Å². The van der Waals surface area contributed by atoms with Crippen molar-refractivity contribution >= 4 is 0 Å². The van der Waals surface area contributed by atoms with Crippen LogP contribution in [0, 0.1) is 5.82 Å². The average Bonchev–Trinajstić information content (AvgIpc) is 2.77. The van der Waals surface area contributed by atoms with Crippen molar-refractivity contribution in [2.24, 2.45) is 0 Å². The summed E-state index contributed by atoms with van der Waals surface area (Å²) in [4.78, 5) is 3.50. The van der Waals surface area contributed by atoms with Gasteiger partial charge in [-0.2, -0.15) is 13.8 Å². The molecule has 0 fully saturated rings. The van der Waals surface area contributed by atoms with E-state index in [-0.39, 0.29) is 11.4 Å². The Morgan fingerprint density at radius 2 is 2.06 bits per heavy atom. The molecule has 3 nitrogen and oxygen atoms in total. The van der Waals surface area contributed by atoms with E-state index < -0.39 is 17.6 Å². The fourth-order valence-corrected chi connectivity index (χ4v) is 1.47. The summed E-state index contributed by atoms with van der Waals surface area (Å²) >= 11 is 0. The Morgan fingerprint density at radius 1 is 1.33 bits per heavy atom. The number of nitrogens with zero attached hydrogens (tertiary/aromatic N) is 2. The Balaban J connectivity index is 2.40. The van der Waals surface area contributed by atoms with Crippen LogP contribution in [-0.2, 0) is 12.3 Å². The second-order valence-electron chi connectivity index (χ2n) is 3.98. The lowest BCUT2D eigenvalue weighted by Crippen LogP contribution is -2.07. The SMILES string of the molecule is CCc1ccc(-c2noc(C(C)(F)F)n2)c(F)c1. The molecule has 1 aromatic heterocycles. The maximum Gasteiger partial charge on any atom is 0.322 e. The van der Waals surface area contributed by atoms with E-state index in [1.807, 2.05) is 6.92 Å². The van der Waals surface area contributed by atoms with Crippen LogP contribution >= 0.6 is 0 Å². The van der Waals surface area contributed by atoms with Gasteiger partial charge in [0.1, 0.15) is 5.82 Å². The first-order valence-corrected chi connectivity index (χ1v) is 5.42. The second-order valence-corrected chi connectivity index (χ2v) is 3.98. The average molecular weight is 256 g/mol. The van der Waals surface area contributed by atoms with E-state index in [4.69, 9.17) is 0 Å². The number of aromatic nitrogens is 2. The van der Waals surface area contributed by atoms with Crippen molar-refractivity contribution in [2.45, 2.75) is 26.2 Å². The van der Waals surface area contributed by atoms with E-state index in [0.29, 0.717) is 13.3 Å². The van der Waals surface area contributed by atoms with Crippen molar-refractivity contribution in [3.63, 3.8) is 0 Å². The van der Waals surface area contributed by atoms with Gasteiger partial charge >= 0.3 is 5.92 Å². The molecule has 6 heteroatoms. The minimum absolute atomic E-state index is 0.0476. The van der Waals surface area contributed by atoms with E-state index in [9.17, 15) is 13.2 Å². The molecular formula is C12H11F3N2O. The molecule has 0 atom stereocenters. The van der Waals surface area contributed by atoms with Crippen LogP contribution in [0.15, 0.2) is 22.7 Å². The zero-order valence-corrected chi connectivity index (χ0v) is 9.88. The standard InChI is InChI=1S/C12H11F3N2O/c1-3-7-4-5-8(9(13)6-7)10-16-11(18-17-10)12(2,14)15/h4-6H,3H2,1-2H3. The Morgan fingerprint density at radius 3 is 2.56 bits per heavy atom. The van der Waals surface area contributed by atoms with Gasteiger partial charge in [-0.3, -0.25) is 0 Å². The first-order valence-electron chi connectivity index (χ1n) is 5.42. The number of alkyl halides is 2. The van der Waals surface area contributed by atoms with Crippen molar-refractivity contribution in [3.8, 4) is 11.4 Å². The molecular weight excluding hydrogens is 245 g/mol. The van der Waals surface area contributed by atoms with Gasteiger partial charge in [0.25, 0.3) is 5.89 Å². The summed E-state index contributed by atoms with van der Waals surface area (Å²) in [7, 11) is 0. The number of halogens is 3. The molecule has 0 saturated heterocycles. The minimum Gasteiger partial charge on any atom is -0.332 e. The molecule has 0 aliphatic heterocycles. The maximum atomic E-state index is 13.7. The summed E-state index contributed by atoms with van der Waals surface area (Å²) in [5.74, 6) is -4.78. The highest BCUT2D eigenvalue weighted by Gasteiger charge is 2.32. The molecule has 1 aromatic carbocycles. The van der Waals surface area contributed by atoms with Gasteiger partial charge in [0.2, 0.25) is 5.82 Å². The van der Waals surface area contributed by atoms with Crippen molar-refractivity contribution in [1.82, 2.24) is 10.1 Å². The number of aryl methyl sites for hydroxylation is 1. The molecule has 18 heavy (non-hydrogen) atoms. The molecule has 0 N–H and O–H groups in total. The van der Waals surface area contributed by atoms with Gasteiger partial charge < -0.3 is 4.52 Å². The zero-order valence-electron chi connectivity index (χ0n) is 9.88. The lowest BCUT2D eigenvalue weighted by atomic mass is 10.1.